The molecule has 1 aromatic heterocycles. The molecule has 2 rings (SSSR count). The molecule has 3 nitrogen and oxygen atoms in total. The Hall–Kier alpha value is -1.74. The number of ether oxygens (including phenoxy) is 1. The van der Waals surface area contributed by atoms with E-state index >= 15 is 0 Å². The first-order valence-electron chi connectivity index (χ1n) is 6.62. The van der Waals surface area contributed by atoms with Crippen LogP contribution >= 0.6 is 0 Å². The van der Waals surface area contributed by atoms with Crippen LogP contribution in [0, 0.1) is 6.92 Å². The highest BCUT2D eigenvalue weighted by atomic mass is 16.5. The lowest BCUT2D eigenvalue weighted by atomic mass is 10.2. The van der Waals surface area contributed by atoms with Gasteiger partial charge in [0, 0.05) is 18.2 Å². The Labute approximate surface area is 114 Å². The van der Waals surface area contributed by atoms with Crippen molar-refractivity contribution in [1.82, 2.24) is 5.32 Å². The van der Waals surface area contributed by atoms with Crippen molar-refractivity contribution < 1.29 is 9.15 Å². The minimum atomic E-state index is 0.463. The second kappa shape index (κ2) is 6.43. The second-order valence-corrected chi connectivity index (χ2v) is 5.06. The summed E-state index contributed by atoms with van der Waals surface area (Å²) < 4.78 is 11.2. The van der Waals surface area contributed by atoms with Gasteiger partial charge in [0.1, 0.15) is 18.1 Å². The highest BCUT2D eigenvalue weighted by Gasteiger charge is 2.03. The molecule has 3 heteroatoms. The topological polar surface area (TPSA) is 34.4 Å². The highest BCUT2D eigenvalue weighted by molar-refractivity contribution is 5.27. The van der Waals surface area contributed by atoms with Crippen LogP contribution in [0.2, 0.25) is 0 Å². The summed E-state index contributed by atoms with van der Waals surface area (Å²) >= 11 is 0. The summed E-state index contributed by atoms with van der Waals surface area (Å²) in [4.78, 5) is 0. The van der Waals surface area contributed by atoms with Gasteiger partial charge in [0.2, 0.25) is 0 Å². The van der Waals surface area contributed by atoms with Gasteiger partial charge in [-0.1, -0.05) is 26.0 Å². The third kappa shape index (κ3) is 4.45. The lowest BCUT2D eigenvalue weighted by Crippen LogP contribution is -2.21. The normalized spacial score (nSPS) is 10.9. The van der Waals surface area contributed by atoms with Crippen molar-refractivity contribution in [3.63, 3.8) is 0 Å². The molecule has 1 aromatic carbocycles. The molecule has 0 fully saturated rings. The van der Waals surface area contributed by atoms with Crippen LogP contribution in [-0.4, -0.2) is 6.04 Å². The van der Waals surface area contributed by atoms with Crippen molar-refractivity contribution in [3.05, 3.63) is 53.5 Å². The molecule has 0 atom stereocenters. The average molecular weight is 259 g/mol. The van der Waals surface area contributed by atoms with Gasteiger partial charge < -0.3 is 14.5 Å². The van der Waals surface area contributed by atoms with Crippen LogP contribution in [0.3, 0.4) is 0 Å². The Kier molecular flexibility index (Phi) is 4.63. The molecule has 0 aliphatic heterocycles. The lowest BCUT2D eigenvalue weighted by molar-refractivity contribution is 0.270. The largest absolute Gasteiger partial charge is 0.486 e. The average Bonchev–Trinajstić information content (AvgIpc) is 2.82. The van der Waals surface area contributed by atoms with Gasteiger partial charge in [-0.2, -0.15) is 0 Å². The summed E-state index contributed by atoms with van der Waals surface area (Å²) in [5.74, 6) is 1.72. The first-order valence-corrected chi connectivity index (χ1v) is 6.62. The summed E-state index contributed by atoms with van der Waals surface area (Å²) in [6.45, 7) is 7.59. The summed E-state index contributed by atoms with van der Waals surface area (Å²) in [5, 5.41) is 3.36. The van der Waals surface area contributed by atoms with E-state index in [1.807, 2.05) is 24.3 Å². The second-order valence-electron chi connectivity index (χ2n) is 5.06. The Morgan fingerprint density at radius 2 is 2.11 bits per heavy atom. The van der Waals surface area contributed by atoms with Crippen molar-refractivity contribution in [2.75, 3.05) is 0 Å². The number of rotatable bonds is 6. The van der Waals surface area contributed by atoms with Crippen molar-refractivity contribution in [3.8, 4) is 5.75 Å². The molecule has 0 unspecified atom stereocenters. The molecule has 102 valence electrons. The fourth-order valence-electron chi connectivity index (χ4n) is 1.78. The van der Waals surface area contributed by atoms with Crippen molar-refractivity contribution >= 4 is 0 Å². The van der Waals surface area contributed by atoms with Gasteiger partial charge in [-0.05, 0) is 30.7 Å². The van der Waals surface area contributed by atoms with Gasteiger partial charge in [-0.25, -0.2) is 0 Å². The van der Waals surface area contributed by atoms with Crippen molar-refractivity contribution in [2.24, 2.45) is 0 Å². The molecule has 0 aliphatic carbocycles. The quantitative estimate of drug-likeness (QED) is 0.859. The van der Waals surface area contributed by atoms with Gasteiger partial charge >= 0.3 is 0 Å². The maximum atomic E-state index is 5.70. The monoisotopic (exact) mass is 259 g/mol. The molecule has 0 spiro atoms. The van der Waals surface area contributed by atoms with Gasteiger partial charge in [0.05, 0.1) is 6.26 Å². The summed E-state index contributed by atoms with van der Waals surface area (Å²) in [5.41, 5.74) is 2.34. The predicted octanol–water partition coefficient (Wildman–Crippen LogP) is 3.67. The van der Waals surface area contributed by atoms with E-state index in [0.717, 1.165) is 23.6 Å². The van der Waals surface area contributed by atoms with Crippen LogP contribution in [0.4, 0.5) is 0 Å². The number of hydrogen-bond acceptors (Lipinski definition) is 3. The summed E-state index contributed by atoms with van der Waals surface area (Å²) in [6.07, 6.45) is 1.78. The Balaban J connectivity index is 1.86. The van der Waals surface area contributed by atoms with Crippen LogP contribution in [0.1, 0.15) is 30.7 Å². The van der Waals surface area contributed by atoms with Gasteiger partial charge in [0.15, 0.2) is 0 Å². The zero-order valence-corrected chi connectivity index (χ0v) is 11.8. The Morgan fingerprint density at radius 1 is 1.26 bits per heavy atom. The van der Waals surface area contributed by atoms with Crippen molar-refractivity contribution in [2.45, 2.75) is 40.0 Å². The lowest BCUT2D eigenvalue weighted by Gasteiger charge is -2.05. The molecule has 0 bridgehead atoms. The first-order chi connectivity index (χ1) is 9.13. The minimum absolute atomic E-state index is 0.463. The van der Waals surface area contributed by atoms with E-state index in [-0.39, 0.29) is 0 Å². The van der Waals surface area contributed by atoms with E-state index in [4.69, 9.17) is 9.15 Å². The molecule has 0 saturated heterocycles. The molecule has 1 N–H and O–H groups in total. The maximum Gasteiger partial charge on any atom is 0.146 e. The summed E-state index contributed by atoms with van der Waals surface area (Å²) in [6, 6.07) is 10.5. The van der Waals surface area contributed by atoms with Crippen LogP contribution in [0.25, 0.3) is 0 Å². The third-order valence-electron chi connectivity index (χ3n) is 2.79. The van der Waals surface area contributed by atoms with Gasteiger partial charge in [-0.3, -0.25) is 0 Å². The number of nitrogens with one attached hydrogen (secondary N) is 1. The zero-order valence-electron chi connectivity index (χ0n) is 11.8. The van der Waals surface area contributed by atoms with E-state index < -0.39 is 0 Å². The predicted molar refractivity (Wildman–Crippen MR) is 76.2 cm³/mol. The third-order valence-corrected chi connectivity index (χ3v) is 2.79. The highest BCUT2D eigenvalue weighted by Crippen LogP contribution is 2.15. The molecular weight excluding hydrogens is 238 g/mol. The van der Waals surface area contributed by atoms with Crippen LogP contribution < -0.4 is 10.1 Å². The number of aryl methyl sites for hydroxylation is 1. The Morgan fingerprint density at radius 3 is 2.84 bits per heavy atom. The van der Waals surface area contributed by atoms with Crippen LogP contribution in [0.15, 0.2) is 41.0 Å². The number of hydrogen-bond donors (Lipinski definition) is 1. The van der Waals surface area contributed by atoms with Gasteiger partial charge in [-0.15, -0.1) is 0 Å². The molecule has 0 aliphatic rings. The number of benzene rings is 1. The first kappa shape index (κ1) is 13.7. The van der Waals surface area contributed by atoms with Crippen molar-refractivity contribution in [1.29, 1.82) is 0 Å². The fraction of sp³-hybridized carbons (Fsp3) is 0.375. The minimum Gasteiger partial charge on any atom is -0.486 e. The molecule has 0 amide bonds. The molecule has 0 saturated carbocycles. The summed E-state index contributed by atoms with van der Waals surface area (Å²) in [7, 11) is 0. The van der Waals surface area contributed by atoms with Crippen LogP contribution in [-0.2, 0) is 13.2 Å². The van der Waals surface area contributed by atoms with E-state index in [9.17, 15) is 0 Å². The maximum absolute atomic E-state index is 5.70. The molecule has 19 heavy (non-hydrogen) atoms. The van der Waals surface area contributed by atoms with Crippen LogP contribution in [0.5, 0.6) is 5.75 Å². The van der Waals surface area contributed by atoms with E-state index in [2.05, 4.69) is 32.2 Å². The SMILES string of the molecule is Cc1cccc(OCc2cc(CNC(C)C)co2)c1. The fourth-order valence-corrected chi connectivity index (χ4v) is 1.78. The standard InChI is InChI=1S/C16H21NO2/c1-12(2)17-9-14-8-16(18-10-14)11-19-15-6-4-5-13(3)7-15/h4-8,10,12,17H,9,11H2,1-3H3. The molecule has 0 radical (unpaired) electrons. The Bertz CT molecular complexity index is 517. The smallest absolute Gasteiger partial charge is 0.146 e. The van der Waals surface area contributed by atoms with E-state index in [1.165, 1.54) is 5.56 Å². The number of furan rings is 1. The molecule has 1 heterocycles. The molecule has 2 aromatic rings. The molecular formula is C16H21NO2. The van der Waals surface area contributed by atoms with E-state index in [0.29, 0.717) is 12.6 Å². The van der Waals surface area contributed by atoms with Gasteiger partial charge in [0.25, 0.3) is 0 Å². The zero-order chi connectivity index (χ0) is 13.7. The van der Waals surface area contributed by atoms with E-state index in [1.54, 1.807) is 6.26 Å².